The molecule has 0 aliphatic carbocycles. The van der Waals surface area contributed by atoms with Crippen LogP contribution in [0.5, 0.6) is 0 Å². The van der Waals surface area contributed by atoms with Crippen LogP contribution in [0.25, 0.3) is 0 Å². The summed E-state index contributed by atoms with van der Waals surface area (Å²) < 4.78 is 33.5. The Bertz CT molecular complexity index is 788. The van der Waals surface area contributed by atoms with Crippen molar-refractivity contribution in [3.05, 3.63) is 46.5 Å². The minimum Gasteiger partial charge on any atom is -0.467 e. The number of ether oxygens (including phenoxy) is 1. The Morgan fingerprint density at radius 1 is 1.30 bits per heavy atom. The summed E-state index contributed by atoms with van der Waals surface area (Å²) in [6, 6.07) is 6.41. The molecule has 0 saturated heterocycles. The van der Waals surface area contributed by atoms with Crippen LogP contribution in [0.4, 0.5) is 0 Å². The first-order chi connectivity index (χ1) is 10.4. The van der Waals surface area contributed by atoms with E-state index in [2.05, 4.69) is 0 Å². The van der Waals surface area contributed by atoms with Gasteiger partial charge in [-0.05, 0) is 17.7 Å². The lowest BCUT2D eigenvalue weighted by molar-refractivity contribution is -0.126. The number of ketones is 1. The summed E-state index contributed by atoms with van der Waals surface area (Å²) in [6.45, 7) is 1.46. The summed E-state index contributed by atoms with van der Waals surface area (Å²) in [4.78, 5) is 12.6. The molecule has 0 unspecified atom stereocenters. The summed E-state index contributed by atoms with van der Waals surface area (Å²) in [6.07, 6.45) is 0. The number of nitrogens with two attached hydrogens (primary N) is 1. The molecule has 2 rings (SSSR count). The van der Waals surface area contributed by atoms with Crippen molar-refractivity contribution in [2.75, 3.05) is 0 Å². The zero-order valence-corrected chi connectivity index (χ0v) is 14.8. The van der Waals surface area contributed by atoms with Gasteiger partial charge in [-0.3, -0.25) is 4.79 Å². The lowest BCUT2D eigenvalue weighted by Gasteiger charge is -2.23. The first kappa shape index (κ1) is 17.8. The summed E-state index contributed by atoms with van der Waals surface area (Å²) in [5.41, 5.74) is 4.71. The number of Topliss-reactive ketones (excluding diaryl/α,β-unsaturated/α-hetero) is 1. The van der Waals surface area contributed by atoms with Gasteiger partial charge in [0, 0.05) is 9.57 Å². The van der Waals surface area contributed by atoms with Gasteiger partial charge >= 0.3 is 0 Å². The SMILES string of the molecule is BC(B)(C)S(=O)(=O)OC1=C(N)O[C@](B)(c2ccc(Cl)cc2)C1=O. The van der Waals surface area contributed by atoms with E-state index in [4.69, 9.17) is 26.3 Å². The Labute approximate surface area is 142 Å². The normalized spacial score (nSPS) is 22.1. The van der Waals surface area contributed by atoms with Crippen LogP contribution < -0.4 is 5.73 Å². The van der Waals surface area contributed by atoms with Crippen molar-refractivity contribution >= 4 is 51.0 Å². The Morgan fingerprint density at radius 3 is 2.30 bits per heavy atom. The summed E-state index contributed by atoms with van der Waals surface area (Å²) in [7, 11) is 0.358. The number of hydrogen-bond acceptors (Lipinski definition) is 6. The second-order valence-corrected chi connectivity index (χ2v) is 9.05. The fourth-order valence-electron chi connectivity index (χ4n) is 1.91. The van der Waals surface area contributed by atoms with Crippen LogP contribution in [0.15, 0.2) is 35.9 Å². The second kappa shape index (κ2) is 5.52. The average Bonchev–Trinajstić information content (AvgIpc) is 2.62. The summed E-state index contributed by atoms with van der Waals surface area (Å²) in [5, 5.41) is 0.496. The molecule has 1 aromatic rings. The molecule has 1 aromatic carbocycles. The second-order valence-electron chi connectivity index (χ2n) is 6.31. The predicted molar refractivity (Wildman–Crippen MR) is 94.5 cm³/mol. The fraction of sp³-hybridized carbons (Fsp3) is 0.250. The van der Waals surface area contributed by atoms with E-state index in [9.17, 15) is 13.2 Å². The third-order valence-electron chi connectivity index (χ3n) is 3.52. The number of halogens is 1. The van der Waals surface area contributed by atoms with Crippen LogP contribution in [0.1, 0.15) is 12.5 Å². The number of carbonyl (C=O) groups excluding carboxylic acids is 1. The third kappa shape index (κ3) is 3.10. The maximum atomic E-state index is 12.6. The van der Waals surface area contributed by atoms with Gasteiger partial charge in [0.1, 0.15) is 15.7 Å². The first-order valence-electron chi connectivity index (χ1n) is 6.82. The van der Waals surface area contributed by atoms with Crippen molar-refractivity contribution in [3.8, 4) is 0 Å². The van der Waals surface area contributed by atoms with E-state index in [1.807, 2.05) is 0 Å². The predicted octanol–water partition coefficient (Wildman–Crippen LogP) is -1.86. The van der Waals surface area contributed by atoms with Crippen molar-refractivity contribution in [3.63, 3.8) is 0 Å². The quantitative estimate of drug-likeness (QED) is 0.504. The van der Waals surface area contributed by atoms with Crippen molar-refractivity contribution in [2.24, 2.45) is 5.73 Å². The van der Waals surface area contributed by atoms with Gasteiger partial charge in [-0.15, -0.1) is 0 Å². The molecule has 1 aliphatic heterocycles. The van der Waals surface area contributed by atoms with E-state index in [1.54, 1.807) is 24.3 Å². The van der Waals surface area contributed by atoms with Gasteiger partial charge in [-0.25, -0.2) is 0 Å². The maximum absolute atomic E-state index is 12.6. The summed E-state index contributed by atoms with van der Waals surface area (Å²) >= 11 is 5.83. The Kier molecular flexibility index (Phi) is 4.28. The van der Waals surface area contributed by atoms with Gasteiger partial charge in [0.15, 0.2) is 13.3 Å². The highest BCUT2D eigenvalue weighted by molar-refractivity contribution is 7.91. The molecule has 1 aliphatic rings. The highest BCUT2D eigenvalue weighted by atomic mass is 35.5. The van der Waals surface area contributed by atoms with Crippen molar-refractivity contribution in [2.45, 2.75) is 17.0 Å². The number of rotatable bonds is 4. The molecule has 0 radical (unpaired) electrons. The molecule has 120 valence electrons. The number of hydrogen-bond donors (Lipinski definition) is 1. The molecular weight excluding hydrogens is 338 g/mol. The van der Waals surface area contributed by atoms with Gasteiger partial charge < -0.3 is 14.7 Å². The smallest absolute Gasteiger partial charge is 0.299 e. The van der Waals surface area contributed by atoms with Crippen LogP contribution in [0.2, 0.25) is 5.02 Å². The van der Waals surface area contributed by atoms with Crippen LogP contribution in [0.3, 0.4) is 0 Å². The van der Waals surface area contributed by atoms with Crippen molar-refractivity contribution < 1.29 is 22.1 Å². The molecule has 1 atom stereocenters. The highest BCUT2D eigenvalue weighted by Crippen LogP contribution is 2.36. The molecule has 23 heavy (non-hydrogen) atoms. The van der Waals surface area contributed by atoms with E-state index < -0.39 is 31.7 Å². The molecule has 11 heteroatoms. The molecular formula is C12H15B3ClNO5S. The molecule has 0 amide bonds. The molecule has 0 bridgehead atoms. The summed E-state index contributed by atoms with van der Waals surface area (Å²) in [5.74, 6) is -1.53. The van der Waals surface area contributed by atoms with Gasteiger partial charge in [-0.2, -0.15) is 8.42 Å². The number of carbonyl (C=O) groups is 1. The Hall–Kier alpha value is -1.54. The van der Waals surface area contributed by atoms with E-state index in [0.29, 0.717) is 10.6 Å². The van der Waals surface area contributed by atoms with Gasteiger partial charge in [0.05, 0.1) is 0 Å². The zero-order chi connectivity index (χ0) is 17.6. The molecule has 1 heterocycles. The standard InChI is InChI=1S/C12H15B3ClNO5S/c1-11(13,14)23(19,20)22-8-9(18)12(15,21-10(8)17)6-2-4-7(16)5-3-6/h2-5H,13-15,17H2,1H3/t12-/m1/s1. The van der Waals surface area contributed by atoms with Crippen LogP contribution >= 0.6 is 11.6 Å². The zero-order valence-electron chi connectivity index (χ0n) is 13.2. The van der Waals surface area contributed by atoms with Crippen molar-refractivity contribution in [1.29, 1.82) is 0 Å². The molecule has 0 fully saturated rings. The molecule has 6 nitrogen and oxygen atoms in total. The van der Waals surface area contributed by atoms with Crippen LogP contribution in [-0.4, -0.2) is 42.3 Å². The first-order valence-corrected chi connectivity index (χ1v) is 8.61. The largest absolute Gasteiger partial charge is 0.467 e. The fourth-order valence-corrected chi connectivity index (χ4v) is 2.67. The molecule has 0 saturated carbocycles. The average molecular weight is 353 g/mol. The Morgan fingerprint density at radius 2 is 1.83 bits per heavy atom. The molecule has 2 N–H and O–H groups in total. The van der Waals surface area contributed by atoms with Gasteiger partial charge in [-0.1, -0.05) is 30.7 Å². The van der Waals surface area contributed by atoms with Crippen LogP contribution in [0, 0.1) is 0 Å². The Balaban J connectivity index is 2.37. The topological polar surface area (TPSA) is 95.7 Å². The van der Waals surface area contributed by atoms with Crippen molar-refractivity contribution in [1.82, 2.24) is 0 Å². The minimum atomic E-state index is -4.05. The van der Waals surface area contributed by atoms with E-state index in [-0.39, 0.29) is 5.88 Å². The van der Waals surface area contributed by atoms with Gasteiger partial charge in [0.2, 0.25) is 17.4 Å². The number of benzene rings is 1. The molecule has 0 spiro atoms. The van der Waals surface area contributed by atoms with Gasteiger partial charge in [0.25, 0.3) is 10.1 Å². The monoisotopic (exact) mass is 353 g/mol. The van der Waals surface area contributed by atoms with E-state index in [1.165, 1.54) is 30.5 Å². The third-order valence-corrected chi connectivity index (χ3v) is 5.65. The van der Waals surface area contributed by atoms with Crippen LogP contribution in [-0.2, 0) is 29.3 Å². The lowest BCUT2D eigenvalue weighted by Crippen LogP contribution is -2.40. The maximum Gasteiger partial charge on any atom is 0.299 e. The van der Waals surface area contributed by atoms with E-state index >= 15 is 0 Å². The highest BCUT2D eigenvalue weighted by Gasteiger charge is 2.50. The lowest BCUT2D eigenvalue weighted by atomic mass is 9.71. The minimum absolute atomic E-state index is 0.361. The van der Waals surface area contributed by atoms with E-state index in [0.717, 1.165) is 0 Å². The molecule has 0 aromatic heterocycles.